The predicted molar refractivity (Wildman–Crippen MR) is 346 cm³/mol. The zero-order valence-corrected chi connectivity index (χ0v) is 48.2. The first-order valence-electron chi connectivity index (χ1n) is 28.8. The Labute approximate surface area is 476 Å². The van der Waals surface area contributed by atoms with Gasteiger partial charge in [0.05, 0.1) is 22.7 Å². The minimum absolute atomic E-state index is 0.174. The molecule has 13 rings (SSSR count). The molecule has 0 saturated carbocycles. The molecule has 0 spiro atoms. The molecule has 1 aromatic heterocycles. The van der Waals surface area contributed by atoms with Crippen LogP contribution in [0.4, 0.5) is 34.1 Å². The molecule has 4 nitrogen and oxygen atoms in total. The predicted octanol–water partition coefficient (Wildman–Crippen LogP) is 22.5. The van der Waals surface area contributed by atoms with Gasteiger partial charge in [-0.15, -0.1) is 0 Å². The first-order chi connectivity index (χ1) is 39.3. The number of hydrogen-bond acceptors (Lipinski definition) is 4. The Morgan fingerprint density at radius 2 is 0.877 bits per heavy atom. The van der Waals surface area contributed by atoms with Crippen molar-refractivity contribution in [3.05, 3.63) is 245 Å². The number of rotatable bonds is 12. The fraction of sp³-hybridized carbons (Fsp3) is 0.169. The second kappa shape index (κ2) is 20.2. The molecule has 0 radical (unpaired) electrons. The highest BCUT2D eigenvalue weighted by Crippen LogP contribution is 2.54. The molecule has 12 aromatic carbocycles. The van der Waals surface area contributed by atoms with Gasteiger partial charge < -0.3 is 19.3 Å². The van der Waals surface area contributed by atoms with E-state index < -0.39 is 0 Å². The van der Waals surface area contributed by atoms with E-state index in [-0.39, 0.29) is 17.6 Å². The lowest BCUT2D eigenvalue weighted by atomic mass is 9.83. The molecule has 1 N–H and O–H groups in total. The average Bonchev–Trinajstić information content (AvgIpc) is 3.89. The highest BCUT2D eigenvalue weighted by molar-refractivity contribution is 6.30. The molecule has 0 aliphatic heterocycles. The first kappa shape index (κ1) is 51.3. The number of aryl methyl sites for hydroxylation is 6. The topological polar surface area (TPSA) is 39.9 Å². The number of benzene rings is 12. The van der Waals surface area contributed by atoms with Crippen LogP contribution in [0.15, 0.2) is 205 Å². The van der Waals surface area contributed by atoms with Gasteiger partial charge in [0.25, 0.3) is 0 Å². The zero-order chi connectivity index (χ0) is 56.0. The van der Waals surface area contributed by atoms with Crippen molar-refractivity contribution in [2.45, 2.75) is 87.5 Å². The van der Waals surface area contributed by atoms with Gasteiger partial charge >= 0.3 is 0 Å². The Balaban J connectivity index is 1.11. The van der Waals surface area contributed by atoms with E-state index in [0.29, 0.717) is 0 Å². The summed E-state index contributed by atoms with van der Waals surface area (Å²) in [5, 5.41) is 22.5. The van der Waals surface area contributed by atoms with Crippen LogP contribution in [-0.4, -0.2) is 5.11 Å². The van der Waals surface area contributed by atoms with Gasteiger partial charge in [0.1, 0.15) is 11.3 Å². The fourth-order valence-corrected chi connectivity index (χ4v) is 12.9. The van der Waals surface area contributed by atoms with Crippen LogP contribution in [0.5, 0.6) is 5.75 Å². The number of phenolic OH excluding ortho intramolecular Hbond substituents is 1. The normalized spacial score (nSPS) is 11.9. The van der Waals surface area contributed by atoms with Crippen molar-refractivity contribution in [2.24, 2.45) is 0 Å². The van der Waals surface area contributed by atoms with Gasteiger partial charge in [-0.1, -0.05) is 198 Å². The van der Waals surface area contributed by atoms with Gasteiger partial charge in [-0.3, -0.25) is 0 Å². The van der Waals surface area contributed by atoms with E-state index >= 15 is 0 Å². The van der Waals surface area contributed by atoms with Gasteiger partial charge in [-0.05, 0) is 178 Å². The van der Waals surface area contributed by atoms with E-state index in [1.54, 1.807) is 0 Å². The van der Waals surface area contributed by atoms with Gasteiger partial charge in [0.15, 0.2) is 5.58 Å². The Morgan fingerprint density at radius 1 is 0.370 bits per heavy atom. The SMILES string of the molecule is CCc1ccc(C)cc1N(c1cccc(-c2cccc(-c3cc(C)ccc3C)c2)c1O)c1cc(C(C)C)c2ccc3c(N(c4cc(C)ccc4C)c4cccc5c4oc4c(-c6ccccc6)cccc45)cc(C(C)C)c4ccc1c2c43. The second-order valence-corrected chi connectivity index (χ2v) is 23.2. The molecule has 0 unspecified atom stereocenters. The maximum absolute atomic E-state index is 13.1. The molecule has 4 heteroatoms. The van der Waals surface area contributed by atoms with Gasteiger partial charge in [0, 0.05) is 44.0 Å². The molecule has 0 aliphatic rings. The molecule has 0 saturated heterocycles. The van der Waals surface area contributed by atoms with Crippen molar-refractivity contribution in [3.63, 3.8) is 0 Å². The van der Waals surface area contributed by atoms with E-state index in [1.165, 1.54) is 66.1 Å². The van der Waals surface area contributed by atoms with Crippen molar-refractivity contribution in [1.82, 2.24) is 0 Å². The van der Waals surface area contributed by atoms with E-state index in [9.17, 15) is 5.11 Å². The van der Waals surface area contributed by atoms with Crippen LogP contribution in [-0.2, 0) is 6.42 Å². The smallest absolute Gasteiger partial charge is 0.159 e. The van der Waals surface area contributed by atoms with Crippen LogP contribution < -0.4 is 9.80 Å². The Hall–Kier alpha value is -9.12. The molecule has 1 heterocycles. The second-order valence-electron chi connectivity index (χ2n) is 23.2. The summed E-state index contributed by atoms with van der Waals surface area (Å²) in [6.45, 7) is 22.4. The van der Waals surface area contributed by atoms with Crippen LogP contribution in [0.25, 0.3) is 87.6 Å². The minimum atomic E-state index is 0.174. The summed E-state index contributed by atoms with van der Waals surface area (Å²) in [4.78, 5) is 4.86. The third kappa shape index (κ3) is 8.59. The number of hydrogen-bond donors (Lipinski definition) is 1. The van der Waals surface area contributed by atoms with Gasteiger partial charge in [-0.2, -0.15) is 0 Å². The van der Waals surface area contributed by atoms with Crippen LogP contribution >= 0.6 is 0 Å². The van der Waals surface area contributed by atoms with Crippen molar-refractivity contribution < 1.29 is 9.52 Å². The molecular formula is C77H68N2O2. The maximum atomic E-state index is 13.1. The van der Waals surface area contributed by atoms with Crippen LogP contribution in [0.3, 0.4) is 0 Å². The summed E-state index contributed by atoms with van der Waals surface area (Å²) >= 11 is 0. The molecule has 0 atom stereocenters. The fourth-order valence-electron chi connectivity index (χ4n) is 12.9. The highest BCUT2D eigenvalue weighted by atomic mass is 16.3. The van der Waals surface area contributed by atoms with Crippen LogP contribution in [0.1, 0.15) is 91.0 Å². The van der Waals surface area contributed by atoms with E-state index in [2.05, 4.69) is 279 Å². The molecule has 0 amide bonds. The summed E-state index contributed by atoms with van der Waals surface area (Å²) in [7, 11) is 0. The summed E-state index contributed by atoms with van der Waals surface area (Å²) in [6.07, 6.45) is 0.814. The molecule has 81 heavy (non-hydrogen) atoms. The Kier molecular flexibility index (Phi) is 12.8. The number of para-hydroxylation sites is 3. The third-order valence-corrected chi connectivity index (χ3v) is 17.1. The van der Waals surface area contributed by atoms with Crippen LogP contribution in [0.2, 0.25) is 0 Å². The van der Waals surface area contributed by atoms with E-state index in [1.807, 2.05) is 0 Å². The average molecular weight is 1050 g/mol. The number of anilines is 6. The summed E-state index contributed by atoms with van der Waals surface area (Å²) in [5.41, 5.74) is 23.6. The monoisotopic (exact) mass is 1050 g/mol. The standard InChI is InChI=1S/C77H68N2O2/c1-11-52-34-31-49(8)41-70(52)78(67-27-17-23-56(75(67)80)54-21-15-22-55(42-54)66-39-47(6)29-32-50(66)9)71-43-64(45(2)3)58-36-38-63-72(44-65(46(4)5)59-35-37-62(71)73(58)74(59)63)79(69-40-48(7)30-33-51(69)10)68-28-18-26-61-60-25-16-24-57(76(60)81-77(61)68)53-19-13-12-14-20-53/h12-46,80H,11H2,1-10H3. The third-order valence-electron chi connectivity index (χ3n) is 17.1. The lowest BCUT2D eigenvalue weighted by molar-refractivity contribution is 0.478. The summed E-state index contributed by atoms with van der Waals surface area (Å²) in [6, 6.07) is 73.2. The van der Waals surface area contributed by atoms with Crippen LogP contribution in [0, 0.1) is 34.6 Å². The summed E-state index contributed by atoms with van der Waals surface area (Å²) < 4.78 is 7.28. The number of nitrogens with zero attached hydrogens (tertiary/aromatic N) is 2. The van der Waals surface area contributed by atoms with Crippen molar-refractivity contribution >= 4 is 88.4 Å². The molecular weight excluding hydrogens is 985 g/mol. The first-order valence-corrected chi connectivity index (χ1v) is 28.8. The molecule has 13 aromatic rings. The number of phenols is 1. The van der Waals surface area contributed by atoms with Gasteiger partial charge in [-0.25, -0.2) is 0 Å². The van der Waals surface area contributed by atoms with Gasteiger partial charge in [0.2, 0.25) is 0 Å². The number of fused-ring (bicyclic) bond motifs is 3. The van der Waals surface area contributed by atoms with Crippen molar-refractivity contribution in [3.8, 4) is 39.1 Å². The van der Waals surface area contributed by atoms with E-state index in [0.717, 1.165) is 107 Å². The zero-order valence-electron chi connectivity index (χ0n) is 48.2. The Morgan fingerprint density at radius 3 is 1.53 bits per heavy atom. The molecule has 0 aliphatic carbocycles. The Bertz CT molecular complexity index is 4600. The quantitative estimate of drug-likeness (QED) is 0.124. The summed E-state index contributed by atoms with van der Waals surface area (Å²) in [5.74, 6) is 0.602. The molecule has 0 fully saturated rings. The van der Waals surface area contributed by atoms with E-state index in [4.69, 9.17) is 4.42 Å². The van der Waals surface area contributed by atoms with Crippen molar-refractivity contribution in [2.75, 3.05) is 9.80 Å². The number of furan rings is 1. The number of aromatic hydroxyl groups is 1. The lowest BCUT2D eigenvalue weighted by Gasteiger charge is -2.33. The van der Waals surface area contributed by atoms with Crippen molar-refractivity contribution in [1.29, 1.82) is 0 Å². The highest BCUT2D eigenvalue weighted by Gasteiger charge is 2.30. The maximum Gasteiger partial charge on any atom is 0.159 e. The largest absolute Gasteiger partial charge is 0.505 e. The molecule has 0 bridgehead atoms. The lowest BCUT2D eigenvalue weighted by Crippen LogP contribution is -2.15. The molecule has 398 valence electrons. The minimum Gasteiger partial charge on any atom is -0.505 e.